The van der Waals surface area contributed by atoms with Gasteiger partial charge in [0.05, 0.1) is 5.57 Å². The molecule has 2 aliphatic rings. The monoisotopic (exact) mass is 357 g/mol. The number of benzene rings is 1. The van der Waals surface area contributed by atoms with Crippen LogP contribution >= 0.6 is 11.3 Å². The molecule has 0 aliphatic carbocycles. The van der Waals surface area contributed by atoms with Gasteiger partial charge in [-0.2, -0.15) is 0 Å². The molecule has 1 N–H and O–H groups in total. The average molecular weight is 357 g/mol. The van der Waals surface area contributed by atoms with Crippen molar-refractivity contribution in [2.75, 3.05) is 11.7 Å². The van der Waals surface area contributed by atoms with Crippen molar-refractivity contribution in [1.29, 1.82) is 0 Å². The van der Waals surface area contributed by atoms with Crippen molar-refractivity contribution in [2.45, 2.75) is 19.4 Å². The summed E-state index contributed by atoms with van der Waals surface area (Å²) in [5, 5.41) is 12.2. The molecule has 0 radical (unpaired) electrons. The lowest BCUT2D eigenvalue weighted by atomic mass is 10.00. The van der Waals surface area contributed by atoms with E-state index in [1.54, 1.807) is 25.1 Å². The van der Waals surface area contributed by atoms with E-state index < -0.39 is 17.7 Å². The summed E-state index contributed by atoms with van der Waals surface area (Å²) in [4.78, 5) is 27.4. The number of ketones is 1. The minimum absolute atomic E-state index is 0.129. The van der Waals surface area contributed by atoms with E-state index in [-0.39, 0.29) is 24.6 Å². The molecule has 7 heteroatoms. The molecule has 1 aromatic heterocycles. The smallest absolute Gasteiger partial charge is 0.294 e. The Morgan fingerprint density at radius 2 is 2.12 bits per heavy atom. The van der Waals surface area contributed by atoms with Crippen LogP contribution in [0.2, 0.25) is 0 Å². The first-order valence-corrected chi connectivity index (χ1v) is 8.72. The van der Waals surface area contributed by atoms with Gasteiger partial charge in [-0.1, -0.05) is 13.0 Å². The van der Waals surface area contributed by atoms with Crippen LogP contribution in [0.1, 0.15) is 24.3 Å². The Morgan fingerprint density at radius 3 is 2.84 bits per heavy atom. The highest BCUT2D eigenvalue weighted by Crippen LogP contribution is 2.45. The molecule has 0 saturated carbocycles. The summed E-state index contributed by atoms with van der Waals surface area (Å²) in [5.74, 6) is -0.181. The van der Waals surface area contributed by atoms with E-state index in [4.69, 9.17) is 9.47 Å². The van der Waals surface area contributed by atoms with E-state index in [1.807, 2.05) is 17.5 Å². The Bertz CT molecular complexity index is 887. The number of hydrogen-bond acceptors (Lipinski definition) is 6. The zero-order valence-corrected chi connectivity index (χ0v) is 14.2. The fourth-order valence-corrected chi connectivity index (χ4v) is 3.92. The standard InChI is InChI=1S/C18H15NO5S/c1-2-11(20)15-16(14-4-3-7-25-14)19(18(22)17(15)21)10-5-6-12-13(8-10)24-9-23-12/h3-8,16,21H,2,9H2,1H3. The van der Waals surface area contributed by atoms with Gasteiger partial charge >= 0.3 is 0 Å². The molecule has 1 atom stereocenters. The number of thiophene rings is 1. The van der Waals surface area contributed by atoms with Gasteiger partial charge in [0.25, 0.3) is 5.91 Å². The summed E-state index contributed by atoms with van der Waals surface area (Å²) in [7, 11) is 0. The third-order valence-electron chi connectivity index (χ3n) is 4.28. The first kappa shape index (κ1) is 15.7. The van der Waals surface area contributed by atoms with Crippen molar-refractivity contribution in [3.63, 3.8) is 0 Å². The number of Topliss-reactive ketones (excluding diaryl/α,β-unsaturated/α-hetero) is 1. The van der Waals surface area contributed by atoms with Crippen LogP contribution in [0.3, 0.4) is 0 Å². The predicted octanol–water partition coefficient (Wildman–Crippen LogP) is 3.36. The SMILES string of the molecule is CCC(=O)C1=C(O)C(=O)N(c2ccc3c(c2)OCO3)C1c1cccs1. The maximum atomic E-state index is 12.7. The van der Waals surface area contributed by atoms with E-state index >= 15 is 0 Å². The zero-order chi connectivity index (χ0) is 17.6. The summed E-state index contributed by atoms with van der Waals surface area (Å²) in [6.07, 6.45) is 0.212. The van der Waals surface area contributed by atoms with Crippen molar-refractivity contribution < 1.29 is 24.2 Å². The van der Waals surface area contributed by atoms with Crippen LogP contribution in [0.4, 0.5) is 5.69 Å². The molecule has 25 heavy (non-hydrogen) atoms. The molecule has 128 valence electrons. The van der Waals surface area contributed by atoms with Crippen molar-refractivity contribution in [2.24, 2.45) is 0 Å². The van der Waals surface area contributed by atoms with E-state index in [1.165, 1.54) is 16.2 Å². The molecule has 1 aromatic carbocycles. The highest BCUT2D eigenvalue weighted by molar-refractivity contribution is 7.10. The number of anilines is 1. The van der Waals surface area contributed by atoms with Crippen molar-refractivity contribution in [1.82, 2.24) is 0 Å². The molecule has 2 aliphatic heterocycles. The number of aliphatic hydroxyl groups excluding tert-OH is 1. The van der Waals surface area contributed by atoms with Crippen molar-refractivity contribution in [3.8, 4) is 11.5 Å². The minimum atomic E-state index is -0.639. The third-order valence-corrected chi connectivity index (χ3v) is 5.20. The normalized spacial score (nSPS) is 19.0. The first-order valence-electron chi connectivity index (χ1n) is 7.84. The number of hydrogen-bond donors (Lipinski definition) is 1. The number of fused-ring (bicyclic) bond motifs is 1. The van der Waals surface area contributed by atoms with Crippen LogP contribution in [-0.4, -0.2) is 23.6 Å². The Kier molecular flexibility index (Phi) is 3.73. The molecular formula is C18H15NO5S. The van der Waals surface area contributed by atoms with E-state index in [0.29, 0.717) is 17.2 Å². The van der Waals surface area contributed by atoms with Crippen LogP contribution in [0.5, 0.6) is 11.5 Å². The molecule has 1 unspecified atom stereocenters. The van der Waals surface area contributed by atoms with Crippen LogP contribution in [0.25, 0.3) is 0 Å². The molecule has 0 spiro atoms. The van der Waals surface area contributed by atoms with E-state index in [2.05, 4.69) is 0 Å². The summed E-state index contributed by atoms with van der Waals surface area (Å²) in [6.45, 7) is 1.84. The molecule has 0 saturated heterocycles. The molecule has 4 rings (SSSR count). The Balaban J connectivity index is 1.84. The fourth-order valence-electron chi connectivity index (χ4n) is 3.10. The third kappa shape index (κ3) is 2.39. The van der Waals surface area contributed by atoms with Crippen LogP contribution in [-0.2, 0) is 9.59 Å². The van der Waals surface area contributed by atoms with Gasteiger partial charge in [0, 0.05) is 23.1 Å². The number of rotatable bonds is 4. The van der Waals surface area contributed by atoms with Crippen LogP contribution in [0, 0.1) is 0 Å². The highest BCUT2D eigenvalue weighted by Gasteiger charge is 2.44. The number of aliphatic hydroxyl groups is 1. The van der Waals surface area contributed by atoms with Gasteiger partial charge in [-0.15, -0.1) is 11.3 Å². The second kappa shape index (κ2) is 5.93. The maximum absolute atomic E-state index is 12.7. The summed E-state index contributed by atoms with van der Waals surface area (Å²) in [5.41, 5.74) is 0.686. The fraction of sp³-hybridized carbons (Fsp3) is 0.222. The predicted molar refractivity (Wildman–Crippen MR) is 92.1 cm³/mol. The van der Waals surface area contributed by atoms with E-state index in [9.17, 15) is 14.7 Å². The number of amides is 1. The second-order valence-corrected chi connectivity index (χ2v) is 6.65. The van der Waals surface area contributed by atoms with Gasteiger partial charge in [0.2, 0.25) is 6.79 Å². The van der Waals surface area contributed by atoms with E-state index in [0.717, 1.165) is 4.88 Å². The van der Waals surface area contributed by atoms with Crippen molar-refractivity contribution >= 4 is 28.7 Å². The zero-order valence-electron chi connectivity index (χ0n) is 13.4. The van der Waals surface area contributed by atoms with Gasteiger partial charge in [0.1, 0.15) is 6.04 Å². The molecule has 0 fully saturated rings. The van der Waals surface area contributed by atoms with Gasteiger partial charge in [-0.25, -0.2) is 0 Å². The maximum Gasteiger partial charge on any atom is 0.294 e. The molecule has 1 amide bonds. The van der Waals surface area contributed by atoms with Crippen LogP contribution in [0.15, 0.2) is 47.0 Å². The lowest BCUT2D eigenvalue weighted by molar-refractivity contribution is -0.118. The van der Waals surface area contributed by atoms with Gasteiger partial charge in [0.15, 0.2) is 23.0 Å². The van der Waals surface area contributed by atoms with Gasteiger partial charge in [-0.3, -0.25) is 14.5 Å². The summed E-state index contributed by atoms with van der Waals surface area (Å²) in [6, 6.07) is 8.19. The largest absolute Gasteiger partial charge is 0.503 e. The number of nitrogens with zero attached hydrogens (tertiary/aromatic N) is 1. The van der Waals surface area contributed by atoms with Crippen LogP contribution < -0.4 is 14.4 Å². The number of carbonyl (C=O) groups excluding carboxylic acids is 2. The molecule has 0 bridgehead atoms. The van der Waals surface area contributed by atoms with Gasteiger partial charge in [-0.05, 0) is 23.6 Å². The second-order valence-electron chi connectivity index (χ2n) is 5.67. The summed E-state index contributed by atoms with van der Waals surface area (Å²) < 4.78 is 10.7. The Morgan fingerprint density at radius 1 is 1.32 bits per heavy atom. The molecule has 6 nitrogen and oxygen atoms in total. The van der Waals surface area contributed by atoms with Crippen molar-refractivity contribution in [3.05, 3.63) is 51.9 Å². The minimum Gasteiger partial charge on any atom is -0.503 e. The Hall–Kier alpha value is -2.80. The highest BCUT2D eigenvalue weighted by atomic mass is 32.1. The van der Waals surface area contributed by atoms with Gasteiger partial charge < -0.3 is 14.6 Å². The lowest BCUT2D eigenvalue weighted by Crippen LogP contribution is -2.30. The molecule has 2 aromatic rings. The summed E-state index contributed by atoms with van der Waals surface area (Å²) >= 11 is 1.43. The molecular weight excluding hydrogens is 342 g/mol. The average Bonchev–Trinajstić information content (AvgIpc) is 3.34. The molecule has 3 heterocycles. The number of ether oxygens (including phenoxy) is 2. The number of carbonyl (C=O) groups is 2. The Labute approximate surface area is 147 Å². The first-order chi connectivity index (χ1) is 12.1. The quantitative estimate of drug-likeness (QED) is 0.908. The lowest BCUT2D eigenvalue weighted by Gasteiger charge is -2.25. The topological polar surface area (TPSA) is 76.1 Å².